The van der Waals surface area contributed by atoms with Crippen molar-refractivity contribution in [3.05, 3.63) is 28.3 Å². The van der Waals surface area contributed by atoms with Gasteiger partial charge in [0.1, 0.15) is 11.4 Å². The summed E-state index contributed by atoms with van der Waals surface area (Å²) < 4.78 is 11.4. The average molecular weight is 317 g/mol. The van der Waals surface area contributed by atoms with Gasteiger partial charge in [-0.25, -0.2) is 4.79 Å². The second kappa shape index (κ2) is 6.06. The first-order valence-electron chi connectivity index (χ1n) is 8.60. The molecule has 0 saturated carbocycles. The summed E-state index contributed by atoms with van der Waals surface area (Å²) in [5, 5.41) is 0. The fourth-order valence-electron chi connectivity index (χ4n) is 3.50. The van der Waals surface area contributed by atoms with Gasteiger partial charge in [0.15, 0.2) is 0 Å². The van der Waals surface area contributed by atoms with Crippen molar-refractivity contribution in [1.82, 2.24) is 4.90 Å². The van der Waals surface area contributed by atoms with E-state index >= 15 is 0 Å². The molecule has 126 valence electrons. The van der Waals surface area contributed by atoms with Crippen LogP contribution in [0.5, 0.6) is 5.75 Å². The molecule has 0 fully saturated rings. The Labute approximate surface area is 138 Å². The normalized spacial score (nSPS) is 17.7. The maximum Gasteiger partial charge on any atom is 0.410 e. The van der Waals surface area contributed by atoms with E-state index in [1.807, 2.05) is 25.7 Å². The van der Waals surface area contributed by atoms with Crippen LogP contribution in [0, 0.1) is 6.92 Å². The van der Waals surface area contributed by atoms with E-state index in [-0.39, 0.29) is 6.09 Å². The number of hydrogen-bond donors (Lipinski definition) is 0. The van der Waals surface area contributed by atoms with Crippen LogP contribution in [0.2, 0.25) is 0 Å². The molecule has 2 heterocycles. The summed E-state index contributed by atoms with van der Waals surface area (Å²) in [7, 11) is 0. The number of hydrogen-bond acceptors (Lipinski definition) is 3. The minimum absolute atomic E-state index is 0.205. The molecule has 1 amide bonds. The Morgan fingerprint density at radius 2 is 1.91 bits per heavy atom. The number of carbonyl (C=O) groups excluding carboxylic acids is 1. The van der Waals surface area contributed by atoms with Gasteiger partial charge in [-0.1, -0.05) is 6.07 Å². The van der Waals surface area contributed by atoms with E-state index < -0.39 is 5.60 Å². The zero-order chi connectivity index (χ0) is 16.6. The van der Waals surface area contributed by atoms with E-state index in [4.69, 9.17) is 9.47 Å². The highest BCUT2D eigenvalue weighted by molar-refractivity contribution is 5.68. The second-order valence-corrected chi connectivity index (χ2v) is 7.55. The van der Waals surface area contributed by atoms with Gasteiger partial charge in [-0.2, -0.15) is 0 Å². The Morgan fingerprint density at radius 3 is 2.65 bits per heavy atom. The Bertz CT molecular complexity index is 616. The molecule has 0 N–H and O–H groups in total. The van der Waals surface area contributed by atoms with Crippen LogP contribution in [-0.2, 0) is 24.0 Å². The SMILES string of the molecule is Cc1c2c(cc3c1OCCC3)CCN(C(=O)OC(C)(C)C)CC2. The van der Waals surface area contributed by atoms with Gasteiger partial charge in [0.2, 0.25) is 0 Å². The number of ether oxygens (including phenoxy) is 2. The summed E-state index contributed by atoms with van der Waals surface area (Å²) in [5.41, 5.74) is 4.88. The molecule has 2 aliphatic heterocycles. The number of fused-ring (bicyclic) bond motifs is 2. The van der Waals surface area contributed by atoms with E-state index in [9.17, 15) is 4.79 Å². The molecule has 1 aromatic rings. The van der Waals surface area contributed by atoms with Crippen LogP contribution in [0.15, 0.2) is 6.07 Å². The molecule has 0 atom stereocenters. The van der Waals surface area contributed by atoms with Gasteiger partial charge in [-0.3, -0.25) is 0 Å². The predicted molar refractivity (Wildman–Crippen MR) is 90.2 cm³/mol. The monoisotopic (exact) mass is 317 g/mol. The molecule has 23 heavy (non-hydrogen) atoms. The zero-order valence-electron chi connectivity index (χ0n) is 14.7. The molecule has 3 rings (SSSR count). The molecule has 0 saturated heterocycles. The number of rotatable bonds is 0. The van der Waals surface area contributed by atoms with Gasteiger partial charge in [-0.15, -0.1) is 0 Å². The van der Waals surface area contributed by atoms with E-state index in [2.05, 4.69) is 13.0 Å². The Hall–Kier alpha value is -1.71. The van der Waals surface area contributed by atoms with Gasteiger partial charge in [-0.05, 0) is 75.6 Å². The van der Waals surface area contributed by atoms with E-state index in [0.29, 0.717) is 6.54 Å². The third kappa shape index (κ3) is 3.46. The lowest BCUT2D eigenvalue weighted by molar-refractivity contribution is 0.0258. The fraction of sp³-hybridized carbons (Fsp3) is 0.632. The van der Waals surface area contributed by atoms with Crippen molar-refractivity contribution in [3.63, 3.8) is 0 Å². The standard InChI is InChI=1S/C19H27NO3/c1-13-16-8-10-20(18(21)23-19(2,3)4)9-7-14(16)12-15-6-5-11-22-17(13)15/h12H,5-11H2,1-4H3. The van der Waals surface area contributed by atoms with Crippen molar-refractivity contribution in [2.75, 3.05) is 19.7 Å². The quantitative estimate of drug-likeness (QED) is 0.733. The molecule has 4 nitrogen and oxygen atoms in total. The highest BCUT2D eigenvalue weighted by Crippen LogP contribution is 2.35. The molecular formula is C19H27NO3. The first kappa shape index (κ1) is 16.2. The van der Waals surface area contributed by atoms with Gasteiger partial charge < -0.3 is 14.4 Å². The Morgan fingerprint density at radius 1 is 1.17 bits per heavy atom. The number of nitrogens with zero attached hydrogens (tertiary/aromatic N) is 1. The Balaban J connectivity index is 1.80. The molecule has 0 bridgehead atoms. The molecule has 4 heteroatoms. The molecule has 0 aromatic heterocycles. The van der Waals surface area contributed by atoms with Crippen molar-refractivity contribution in [2.45, 2.75) is 59.0 Å². The van der Waals surface area contributed by atoms with Crippen molar-refractivity contribution in [1.29, 1.82) is 0 Å². The lowest BCUT2D eigenvalue weighted by Gasteiger charge is -2.26. The van der Waals surface area contributed by atoms with Crippen LogP contribution >= 0.6 is 0 Å². The van der Waals surface area contributed by atoms with Crippen LogP contribution in [0.25, 0.3) is 0 Å². The number of aryl methyl sites for hydroxylation is 1. The van der Waals surface area contributed by atoms with Crippen molar-refractivity contribution < 1.29 is 14.3 Å². The van der Waals surface area contributed by atoms with Crippen LogP contribution in [-0.4, -0.2) is 36.3 Å². The van der Waals surface area contributed by atoms with Crippen LogP contribution in [0.3, 0.4) is 0 Å². The molecule has 2 aliphatic rings. The van der Waals surface area contributed by atoms with E-state index in [1.54, 1.807) is 0 Å². The lowest BCUT2D eigenvalue weighted by Crippen LogP contribution is -2.38. The van der Waals surface area contributed by atoms with Crippen molar-refractivity contribution in [3.8, 4) is 5.75 Å². The molecular weight excluding hydrogens is 290 g/mol. The van der Waals surface area contributed by atoms with Crippen LogP contribution in [0.4, 0.5) is 4.79 Å². The van der Waals surface area contributed by atoms with Crippen molar-refractivity contribution in [2.24, 2.45) is 0 Å². The highest BCUT2D eigenvalue weighted by Gasteiger charge is 2.26. The topological polar surface area (TPSA) is 38.8 Å². The minimum atomic E-state index is -0.445. The summed E-state index contributed by atoms with van der Waals surface area (Å²) >= 11 is 0. The van der Waals surface area contributed by atoms with Gasteiger partial charge in [0.05, 0.1) is 6.61 Å². The number of amides is 1. The van der Waals surface area contributed by atoms with Gasteiger partial charge in [0.25, 0.3) is 0 Å². The first-order valence-corrected chi connectivity index (χ1v) is 8.60. The summed E-state index contributed by atoms with van der Waals surface area (Å²) in [6.45, 7) is 10.1. The maximum atomic E-state index is 12.3. The van der Waals surface area contributed by atoms with Gasteiger partial charge >= 0.3 is 6.09 Å². The van der Waals surface area contributed by atoms with Crippen LogP contribution in [0.1, 0.15) is 49.4 Å². The van der Waals surface area contributed by atoms with E-state index in [1.165, 1.54) is 22.3 Å². The molecule has 1 aromatic carbocycles. The second-order valence-electron chi connectivity index (χ2n) is 7.55. The number of benzene rings is 1. The molecule has 0 radical (unpaired) electrons. The summed E-state index contributed by atoms with van der Waals surface area (Å²) in [6, 6.07) is 2.30. The Kier molecular flexibility index (Phi) is 4.26. The third-order valence-electron chi connectivity index (χ3n) is 4.59. The summed E-state index contributed by atoms with van der Waals surface area (Å²) in [4.78, 5) is 14.2. The third-order valence-corrected chi connectivity index (χ3v) is 4.59. The zero-order valence-corrected chi connectivity index (χ0v) is 14.7. The largest absolute Gasteiger partial charge is 0.493 e. The lowest BCUT2D eigenvalue weighted by atomic mass is 9.91. The van der Waals surface area contributed by atoms with Gasteiger partial charge in [0, 0.05) is 13.1 Å². The minimum Gasteiger partial charge on any atom is -0.493 e. The molecule has 0 spiro atoms. The fourth-order valence-corrected chi connectivity index (χ4v) is 3.50. The highest BCUT2D eigenvalue weighted by atomic mass is 16.6. The number of carbonyl (C=O) groups is 1. The van der Waals surface area contributed by atoms with E-state index in [0.717, 1.165) is 44.6 Å². The molecule has 0 unspecified atom stereocenters. The maximum absolute atomic E-state index is 12.3. The summed E-state index contributed by atoms with van der Waals surface area (Å²) in [5.74, 6) is 1.08. The first-order chi connectivity index (χ1) is 10.8. The predicted octanol–water partition coefficient (Wildman–Crippen LogP) is 3.66. The summed E-state index contributed by atoms with van der Waals surface area (Å²) in [6.07, 6.45) is 3.75. The van der Waals surface area contributed by atoms with Crippen molar-refractivity contribution >= 4 is 6.09 Å². The van der Waals surface area contributed by atoms with Crippen LogP contribution < -0.4 is 4.74 Å². The molecule has 0 aliphatic carbocycles. The smallest absolute Gasteiger partial charge is 0.410 e. The average Bonchev–Trinajstić information content (AvgIpc) is 2.68.